The third kappa shape index (κ3) is 1.76. The van der Waals surface area contributed by atoms with Gasteiger partial charge in [0.25, 0.3) is 5.56 Å². The van der Waals surface area contributed by atoms with Gasteiger partial charge in [-0.15, -0.1) is 0 Å². The fourth-order valence-electron chi connectivity index (χ4n) is 2.37. The van der Waals surface area contributed by atoms with E-state index in [-0.39, 0.29) is 11.7 Å². The number of aromatic nitrogens is 2. The second kappa shape index (κ2) is 4.42. The van der Waals surface area contributed by atoms with Gasteiger partial charge < -0.3 is 4.74 Å². The van der Waals surface area contributed by atoms with Crippen molar-refractivity contribution in [2.75, 3.05) is 13.7 Å². The molecule has 0 saturated carbocycles. The quantitative estimate of drug-likeness (QED) is 0.866. The number of hydrogen-bond donors (Lipinski definition) is 1. The lowest BCUT2D eigenvalue weighted by molar-refractivity contribution is 0.415. The van der Waals surface area contributed by atoms with Crippen molar-refractivity contribution in [3.63, 3.8) is 0 Å². The number of hydrogen-bond acceptors (Lipinski definition) is 4. The van der Waals surface area contributed by atoms with Crippen molar-refractivity contribution in [1.82, 2.24) is 14.9 Å². The molecular formula is C13H15N3O2. The van der Waals surface area contributed by atoms with Gasteiger partial charge in [0, 0.05) is 6.07 Å². The predicted octanol–water partition coefficient (Wildman–Crippen LogP) is 1.29. The zero-order valence-electron chi connectivity index (χ0n) is 10.2. The van der Waals surface area contributed by atoms with Gasteiger partial charge in [0.2, 0.25) is 0 Å². The molecule has 3 rings (SSSR count). The number of ether oxygens (including phenoxy) is 1. The summed E-state index contributed by atoms with van der Waals surface area (Å²) in [7, 11) is 1.60. The van der Waals surface area contributed by atoms with Gasteiger partial charge in [-0.25, -0.2) is 4.98 Å². The van der Waals surface area contributed by atoms with Crippen LogP contribution < -0.4 is 15.6 Å². The van der Waals surface area contributed by atoms with E-state index in [9.17, 15) is 4.79 Å². The van der Waals surface area contributed by atoms with Crippen molar-refractivity contribution in [3.8, 4) is 5.75 Å². The van der Waals surface area contributed by atoms with Crippen LogP contribution in [-0.4, -0.2) is 23.2 Å². The van der Waals surface area contributed by atoms with E-state index in [0.717, 1.165) is 19.4 Å². The van der Waals surface area contributed by atoms with Gasteiger partial charge in [0.1, 0.15) is 5.75 Å². The minimum Gasteiger partial charge on any atom is -0.497 e. The number of methoxy groups -OCH3 is 1. The molecule has 5 nitrogen and oxygen atoms in total. The molecule has 94 valence electrons. The first-order valence-corrected chi connectivity index (χ1v) is 6.08. The monoisotopic (exact) mass is 245 g/mol. The van der Waals surface area contributed by atoms with Crippen molar-refractivity contribution in [3.05, 3.63) is 34.9 Å². The maximum atomic E-state index is 12.4. The highest BCUT2D eigenvalue weighted by Crippen LogP contribution is 2.18. The van der Waals surface area contributed by atoms with Crippen LogP contribution in [0.2, 0.25) is 0 Å². The first-order valence-electron chi connectivity index (χ1n) is 6.08. The molecule has 1 atom stereocenters. The van der Waals surface area contributed by atoms with Crippen molar-refractivity contribution >= 4 is 10.9 Å². The summed E-state index contributed by atoms with van der Waals surface area (Å²) in [5.41, 5.74) is 0.677. The lowest BCUT2D eigenvalue weighted by atomic mass is 10.2. The molecule has 0 spiro atoms. The Morgan fingerprint density at radius 1 is 1.50 bits per heavy atom. The summed E-state index contributed by atoms with van der Waals surface area (Å²) in [5.74, 6) is 0.714. The first kappa shape index (κ1) is 11.2. The Hall–Kier alpha value is -1.88. The van der Waals surface area contributed by atoms with Crippen molar-refractivity contribution < 1.29 is 4.74 Å². The van der Waals surface area contributed by atoms with Crippen LogP contribution in [0.5, 0.6) is 5.75 Å². The smallest absolute Gasteiger partial charge is 0.262 e. The molecule has 2 heterocycles. The highest BCUT2D eigenvalue weighted by atomic mass is 16.5. The largest absolute Gasteiger partial charge is 0.497 e. The number of nitrogens with zero attached hydrogens (tertiary/aromatic N) is 2. The van der Waals surface area contributed by atoms with Crippen LogP contribution in [0.25, 0.3) is 10.9 Å². The molecule has 1 aromatic carbocycles. The van der Waals surface area contributed by atoms with Gasteiger partial charge in [0.15, 0.2) is 0 Å². The van der Waals surface area contributed by atoms with Crippen molar-refractivity contribution in [2.24, 2.45) is 0 Å². The fraction of sp³-hybridized carbons (Fsp3) is 0.385. The summed E-state index contributed by atoms with van der Waals surface area (Å²) < 4.78 is 6.81. The normalized spacial score (nSPS) is 19.3. The van der Waals surface area contributed by atoms with E-state index in [2.05, 4.69) is 10.3 Å². The molecular weight excluding hydrogens is 230 g/mol. The molecule has 2 aromatic rings. The van der Waals surface area contributed by atoms with E-state index in [1.54, 1.807) is 36.2 Å². The van der Waals surface area contributed by atoms with Crippen LogP contribution >= 0.6 is 0 Å². The van der Waals surface area contributed by atoms with Crippen LogP contribution in [0.1, 0.15) is 19.0 Å². The Morgan fingerprint density at radius 2 is 2.39 bits per heavy atom. The molecule has 1 aromatic heterocycles. The highest BCUT2D eigenvalue weighted by molar-refractivity contribution is 5.78. The van der Waals surface area contributed by atoms with E-state index in [1.165, 1.54) is 0 Å². The van der Waals surface area contributed by atoms with Crippen LogP contribution in [0.15, 0.2) is 29.3 Å². The summed E-state index contributed by atoms with van der Waals surface area (Å²) in [5, 5.41) is 3.93. The van der Waals surface area contributed by atoms with E-state index < -0.39 is 0 Å². The zero-order chi connectivity index (χ0) is 12.5. The third-order valence-electron chi connectivity index (χ3n) is 3.36. The average Bonchev–Trinajstić information content (AvgIpc) is 2.92. The maximum absolute atomic E-state index is 12.4. The van der Waals surface area contributed by atoms with Crippen molar-refractivity contribution in [2.45, 2.75) is 19.0 Å². The summed E-state index contributed by atoms with van der Waals surface area (Å²) in [6, 6.07) is 5.34. The van der Waals surface area contributed by atoms with Crippen LogP contribution in [0, 0.1) is 0 Å². The van der Waals surface area contributed by atoms with E-state index in [1.807, 2.05) is 0 Å². The molecule has 0 amide bonds. The molecule has 5 heteroatoms. The zero-order valence-corrected chi connectivity index (χ0v) is 10.2. The second-order valence-corrected chi connectivity index (χ2v) is 4.45. The molecule has 1 aliphatic rings. The minimum absolute atomic E-state index is 0.00190. The van der Waals surface area contributed by atoms with Crippen molar-refractivity contribution in [1.29, 1.82) is 0 Å². The van der Waals surface area contributed by atoms with Crippen LogP contribution in [0.3, 0.4) is 0 Å². The Labute approximate surface area is 104 Å². The molecule has 0 radical (unpaired) electrons. The lowest BCUT2D eigenvalue weighted by Gasteiger charge is -2.14. The minimum atomic E-state index is 0.00190. The number of fused-ring (bicyclic) bond motifs is 1. The van der Waals surface area contributed by atoms with Gasteiger partial charge in [0.05, 0.1) is 30.5 Å². The first-order chi connectivity index (χ1) is 8.79. The highest BCUT2D eigenvalue weighted by Gasteiger charge is 2.18. The topological polar surface area (TPSA) is 56.1 Å². The molecule has 18 heavy (non-hydrogen) atoms. The van der Waals surface area contributed by atoms with Gasteiger partial charge in [-0.2, -0.15) is 0 Å². The van der Waals surface area contributed by atoms with Gasteiger partial charge in [-0.05, 0) is 31.5 Å². The Bertz CT molecular complexity index is 630. The Balaban J connectivity index is 2.14. The Kier molecular flexibility index (Phi) is 2.76. The summed E-state index contributed by atoms with van der Waals surface area (Å²) in [6.07, 6.45) is 3.77. The Morgan fingerprint density at radius 3 is 3.11 bits per heavy atom. The molecule has 0 bridgehead atoms. The molecule has 1 aliphatic heterocycles. The predicted molar refractivity (Wildman–Crippen MR) is 68.8 cm³/mol. The van der Waals surface area contributed by atoms with Crippen LogP contribution in [0.4, 0.5) is 0 Å². The number of rotatable bonds is 2. The molecule has 1 unspecified atom stereocenters. The van der Waals surface area contributed by atoms with E-state index >= 15 is 0 Å². The maximum Gasteiger partial charge on any atom is 0.262 e. The van der Waals surface area contributed by atoms with Gasteiger partial charge in [-0.3, -0.25) is 14.7 Å². The van der Waals surface area contributed by atoms with E-state index in [0.29, 0.717) is 16.7 Å². The summed E-state index contributed by atoms with van der Waals surface area (Å²) in [6.45, 7) is 0.956. The van der Waals surface area contributed by atoms with Gasteiger partial charge >= 0.3 is 0 Å². The fourth-order valence-corrected chi connectivity index (χ4v) is 2.37. The summed E-state index contributed by atoms with van der Waals surface area (Å²) >= 11 is 0. The molecule has 1 N–H and O–H groups in total. The number of benzene rings is 1. The average molecular weight is 245 g/mol. The SMILES string of the molecule is COc1ccc2c(=O)n(C3CCCN3)cnc2c1. The standard InChI is InChI=1S/C13H15N3O2/c1-18-9-4-5-10-11(7-9)15-8-16(13(10)17)12-3-2-6-14-12/h4-5,7-8,12,14H,2-3,6H2,1H3. The number of nitrogens with one attached hydrogen (secondary N) is 1. The lowest BCUT2D eigenvalue weighted by Crippen LogP contribution is -2.30. The molecule has 0 aliphatic carbocycles. The van der Waals surface area contributed by atoms with Gasteiger partial charge in [-0.1, -0.05) is 0 Å². The third-order valence-corrected chi connectivity index (χ3v) is 3.36. The summed E-state index contributed by atoms with van der Waals surface area (Å²) in [4.78, 5) is 16.7. The second-order valence-electron chi connectivity index (χ2n) is 4.45. The van der Waals surface area contributed by atoms with Crippen LogP contribution in [-0.2, 0) is 0 Å². The molecule has 1 saturated heterocycles. The van der Waals surface area contributed by atoms with E-state index in [4.69, 9.17) is 4.74 Å². The molecule has 1 fully saturated rings.